The Morgan fingerprint density at radius 1 is 1.20 bits per heavy atom. The van der Waals surface area contributed by atoms with Gasteiger partial charge < -0.3 is 10.3 Å². The van der Waals surface area contributed by atoms with E-state index in [2.05, 4.69) is 10.1 Å². The van der Waals surface area contributed by atoms with Crippen LogP contribution in [0.1, 0.15) is 25.7 Å². The molecule has 4 nitrogen and oxygen atoms in total. The normalized spacial score (nSPS) is 12.9. The quantitative estimate of drug-likeness (QED) is 0.877. The van der Waals surface area contributed by atoms with E-state index in [1.54, 1.807) is 0 Å². The second-order valence-corrected chi connectivity index (χ2v) is 4.80. The smallest absolute Gasteiger partial charge is 0.231 e. The van der Waals surface area contributed by atoms with E-state index < -0.39 is 17.5 Å². The minimum absolute atomic E-state index is 0.00287. The molecule has 0 saturated heterocycles. The summed E-state index contributed by atoms with van der Waals surface area (Å²) < 4.78 is 44.3. The molecule has 1 aromatic carbocycles. The molecule has 0 aliphatic heterocycles. The molecule has 0 radical (unpaired) electrons. The molecule has 1 heterocycles. The SMILES string of the molecule is CC(C)C(CN)c1nc(-c2cc(F)c(F)c(F)c2)no1. The first-order valence-electron chi connectivity index (χ1n) is 6.12. The summed E-state index contributed by atoms with van der Waals surface area (Å²) >= 11 is 0. The van der Waals surface area contributed by atoms with Crippen molar-refractivity contribution in [2.75, 3.05) is 6.54 Å². The van der Waals surface area contributed by atoms with Gasteiger partial charge in [-0.15, -0.1) is 0 Å². The number of halogens is 3. The highest BCUT2D eigenvalue weighted by Crippen LogP contribution is 2.26. The van der Waals surface area contributed by atoms with Crippen LogP contribution in [0.5, 0.6) is 0 Å². The van der Waals surface area contributed by atoms with Crippen molar-refractivity contribution in [2.45, 2.75) is 19.8 Å². The number of rotatable bonds is 4. The molecule has 7 heteroatoms. The fraction of sp³-hybridized carbons (Fsp3) is 0.385. The highest BCUT2D eigenvalue weighted by Gasteiger charge is 2.22. The van der Waals surface area contributed by atoms with Gasteiger partial charge in [-0.3, -0.25) is 0 Å². The van der Waals surface area contributed by atoms with Crippen molar-refractivity contribution in [2.24, 2.45) is 11.7 Å². The zero-order chi connectivity index (χ0) is 14.9. The van der Waals surface area contributed by atoms with Gasteiger partial charge >= 0.3 is 0 Å². The standard InChI is InChI=1S/C13H14F3N3O/c1-6(2)8(5-17)13-18-12(19-20-13)7-3-9(14)11(16)10(15)4-7/h3-4,6,8H,5,17H2,1-2H3. The van der Waals surface area contributed by atoms with Gasteiger partial charge in [-0.2, -0.15) is 4.98 Å². The summed E-state index contributed by atoms with van der Waals surface area (Å²) in [7, 11) is 0. The average molecular weight is 285 g/mol. The second kappa shape index (κ2) is 5.62. The number of benzene rings is 1. The van der Waals surface area contributed by atoms with Gasteiger partial charge in [0.25, 0.3) is 0 Å². The monoisotopic (exact) mass is 285 g/mol. The number of nitrogens with zero attached hydrogens (tertiary/aromatic N) is 2. The Hall–Kier alpha value is -1.89. The van der Waals surface area contributed by atoms with E-state index in [4.69, 9.17) is 10.3 Å². The predicted molar refractivity (Wildman–Crippen MR) is 66.2 cm³/mol. The Balaban J connectivity index is 2.38. The van der Waals surface area contributed by atoms with Crippen LogP contribution in [0.3, 0.4) is 0 Å². The lowest BCUT2D eigenvalue weighted by Gasteiger charge is -2.13. The molecule has 0 fully saturated rings. The van der Waals surface area contributed by atoms with Crippen molar-refractivity contribution in [3.8, 4) is 11.4 Å². The van der Waals surface area contributed by atoms with Gasteiger partial charge in [0.15, 0.2) is 17.5 Å². The van der Waals surface area contributed by atoms with Crippen LogP contribution in [-0.4, -0.2) is 16.7 Å². The third-order valence-electron chi connectivity index (χ3n) is 3.06. The van der Waals surface area contributed by atoms with Crippen molar-refractivity contribution in [1.82, 2.24) is 10.1 Å². The Labute approximate surface area is 113 Å². The molecular formula is C13H14F3N3O. The fourth-order valence-corrected chi connectivity index (χ4v) is 1.85. The summed E-state index contributed by atoms with van der Waals surface area (Å²) in [6.45, 7) is 4.20. The van der Waals surface area contributed by atoms with Crippen molar-refractivity contribution in [3.05, 3.63) is 35.5 Å². The van der Waals surface area contributed by atoms with Crippen molar-refractivity contribution in [3.63, 3.8) is 0 Å². The van der Waals surface area contributed by atoms with Crippen LogP contribution in [0.25, 0.3) is 11.4 Å². The summed E-state index contributed by atoms with van der Waals surface area (Å²) in [5.41, 5.74) is 5.63. The molecule has 2 N–H and O–H groups in total. The molecule has 1 aromatic heterocycles. The molecule has 1 atom stereocenters. The molecule has 0 aliphatic rings. The van der Waals surface area contributed by atoms with Crippen LogP contribution in [0, 0.1) is 23.4 Å². The Bertz CT molecular complexity index is 590. The number of hydrogen-bond acceptors (Lipinski definition) is 4. The lowest BCUT2D eigenvalue weighted by Crippen LogP contribution is -2.18. The van der Waals surface area contributed by atoms with E-state index >= 15 is 0 Å². The summed E-state index contributed by atoms with van der Waals surface area (Å²) in [5.74, 6) is -3.81. The van der Waals surface area contributed by atoms with Crippen LogP contribution in [-0.2, 0) is 0 Å². The largest absolute Gasteiger partial charge is 0.339 e. The lowest BCUT2D eigenvalue weighted by atomic mass is 9.96. The van der Waals surface area contributed by atoms with Crippen LogP contribution in [0.2, 0.25) is 0 Å². The zero-order valence-corrected chi connectivity index (χ0v) is 11.0. The van der Waals surface area contributed by atoms with E-state index in [0.29, 0.717) is 12.4 Å². The maximum atomic E-state index is 13.2. The maximum absolute atomic E-state index is 13.2. The van der Waals surface area contributed by atoms with Crippen LogP contribution < -0.4 is 5.73 Å². The number of nitrogens with two attached hydrogens (primary N) is 1. The molecule has 0 bridgehead atoms. The molecule has 2 rings (SSSR count). The Kier molecular flexibility index (Phi) is 4.08. The topological polar surface area (TPSA) is 64.9 Å². The summed E-state index contributed by atoms with van der Waals surface area (Å²) in [4.78, 5) is 4.07. The van der Waals surface area contributed by atoms with Crippen LogP contribution >= 0.6 is 0 Å². The van der Waals surface area contributed by atoms with Crippen molar-refractivity contribution < 1.29 is 17.7 Å². The molecule has 108 valence electrons. The molecular weight excluding hydrogens is 271 g/mol. The van der Waals surface area contributed by atoms with E-state index in [1.165, 1.54) is 0 Å². The van der Waals surface area contributed by atoms with E-state index in [-0.39, 0.29) is 23.2 Å². The van der Waals surface area contributed by atoms with Gasteiger partial charge in [0.2, 0.25) is 11.7 Å². The van der Waals surface area contributed by atoms with Gasteiger partial charge in [-0.25, -0.2) is 13.2 Å². The average Bonchev–Trinajstić information content (AvgIpc) is 2.85. The lowest BCUT2D eigenvalue weighted by molar-refractivity contribution is 0.324. The second-order valence-electron chi connectivity index (χ2n) is 4.80. The first kappa shape index (κ1) is 14.5. The van der Waals surface area contributed by atoms with Gasteiger partial charge in [-0.1, -0.05) is 19.0 Å². The summed E-state index contributed by atoms with van der Waals surface area (Å²) in [6.07, 6.45) is 0. The molecule has 20 heavy (non-hydrogen) atoms. The molecule has 2 aromatic rings. The maximum Gasteiger partial charge on any atom is 0.231 e. The van der Waals surface area contributed by atoms with E-state index in [1.807, 2.05) is 13.8 Å². The highest BCUT2D eigenvalue weighted by atomic mass is 19.2. The Morgan fingerprint density at radius 2 is 1.80 bits per heavy atom. The third kappa shape index (κ3) is 2.67. The Morgan fingerprint density at radius 3 is 2.30 bits per heavy atom. The van der Waals surface area contributed by atoms with Crippen LogP contribution in [0.4, 0.5) is 13.2 Å². The van der Waals surface area contributed by atoms with Crippen molar-refractivity contribution >= 4 is 0 Å². The first-order valence-corrected chi connectivity index (χ1v) is 6.12. The van der Waals surface area contributed by atoms with E-state index in [9.17, 15) is 13.2 Å². The number of aromatic nitrogens is 2. The molecule has 1 unspecified atom stereocenters. The molecule has 0 spiro atoms. The van der Waals surface area contributed by atoms with Crippen LogP contribution in [0.15, 0.2) is 16.7 Å². The molecule has 0 saturated carbocycles. The minimum Gasteiger partial charge on any atom is -0.339 e. The fourth-order valence-electron chi connectivity index (χ4n) is 1.85. The minimum atomic E-state index is -1.53. The van der Waals surface area contributed by atoms with Gasteiger partial charge in [0.05, 0.1) is 5.92 Å². The van der Waals surface area contributed by atoms with Crippen molar-refractivity contribution in [1.29, 1.82) is 0 Å². The first-order chi connectivity index (χ1) is 9.43. The summed E-state index contributed by atoms with van der Waals surface area (Å²) in [5, 5.41) is 3.65. The van der Waals surface area contributed by atoms with Gasteiger partial charge in [0, 0.05) is 12.1 Å². The third-order valence-corrected chi connectivity index (χ3v) is 3.06. The highest BCUT2D eigenvalue weighted by molar-refractivity contribution is 5.54. The van der Waals surface area contributed by atoms with Gasteiger partial charge in [0.1, 0.15) is 0 Å². The molecule has 0 aliphatic carbocycles. The van der Waals surface area contributed by atoms with E-state index in [0.717, 1.165) is 12.1 Å². The van der Waals surface area contributed by atoms with Gasteiger partial charge in [-0.05, 0) is 18.1 Å². The molecule has 0 amide bonds. The summed E-state index contributed by atoms with van der Waals surface area (Å²) in [6, 6.07) is 1.64. The zero-order valence-electron chi connectivity index (χ0n) is 11.0. The number of hydrogen-bond donors (Lipinski definition) is 1. The predicted octanol–water partition coefficient (Wildman–Crippen LogP) is 2.85.